The van der Waals surface area contributed by atoms with Gasteiger partial charge in [0.1, 0.15) is 5.75 Å². The van der Waals surface area contributed by atoms with Crippen LogP contribution in [0.3, 0.4) is 0 Å². The van der Waals surface area contributed by atoms with Crippen LogP contribution >= 0.6 is 15.9 Å². The van der Waals surface area contributed by atoms with Gasteiger partial charge in [-0.2, -0.15) is 0 Å². The zero-order chi connectivity index (χ0) is 12.3. The van der Waals surface area contributed by atoms with Crippen molar-refractivity contribution in [1.29, 1.82) is 0 Å². The molecule has 2 heteroatoms. The molecule has 1 aromatic rings. The van der Waals surface area contributed by atoms with E-state index in [4.69, 9.17) is 4.74 Å². The van der Waals surface area contributed by atoms with Gasteiger partial charge in [-0.1, -0.05) is 25.8 Å². The van der Waals surface area contributed by atoms with Crippen molar-refractivity contribution >= 4 is 15.9 Å². The number of aryl methyl sites for hydroxylation is 1. The standard InChI is InChI=1S/C15H21BrO/c1-3-12-5-4-6-13(10-12)17-15-8-7-11(2)9-14(15)16/h7-9,12-13H,3-6,10H2,1-2H3. The molecule has 1 aliphatic carbocycles. The van der Waals surface area contributed by atoms with Crippen molar-refractivity contribution in [3.8, 4) is 5.75 Å². The summed E-state index contributed by atoms with van der Waals surface area (Å²) in [7, 11) is 0. The maximum Gasteiger partial charge on any atom is 0.133 e. The summed E-state index contributed by atoms with van der Waals surface area (Å²) in [4.78, 5) is 0. The molecule has 94 valence electrons. The van der Waals surface area contributed by atoms with E-state index in [1.807, 2.05) is 0 Å². The Bertz CT molecular complexity index is 375. The summed E-state index contributed by atoms with van der Waals surface area (Å²) >= 11 is 3.58. The zero-order valence-corrected chi connectivity index (χ0v) is 12.3. The normalized spacial score (nSPS) is 24.6. The van der Waals surface area contributed by atoms with Gasteiger partial charge in [-0.05, 0) is 65.7 Å². The second-order valence-corrected chi connectivity index (χ2v) is 5.97. The van der Waals surface area contributed by atoms with Gasteiger partial charge in [0.15, 0.2) is 0 Å². The van der Waals surface area contributed by atoms with E-state index in [0.717, 1.165) is 16.1 Å². The van der Waals surface area contributed by atoms with Crippen LogP contribution in [0.4, 0.5) is 0 Å². The molecule has 0 N–H and O–H groups in total. The van der Waals surface area contributed by atoms with Crippen LogP contribution in [-0.2, 0) is 0 Å². The minimum Gasteiger partial charge on any atom is -0.489 e. The Morgan fingerprint density at radius 2 is 2.18 bits per heavy atom. The molecular formula is C15H21BrO. The third-order valence-corrected chi connectivity index (χ3v) is 4.31. The highest BCUT2D eigenvalue weighted by Crippen LogP contribution is 2.32. The molecule has 0 radical (unpaired) electrons. The van der Waals surface area contributed by atoms with E-state index < -0.39 is 0 Å². The lowest BCUT2D eigenvalue weighted by Crippen LogP contribution is -2.25. The molecule has 1 fully saturated rings. The smallest absolute Gasteiger partial charge is 0.133 e. The van der Waals surface area contributed by atoms with E-state index in [0.29, 0.717) is 6.10 Å². The molecule has 1 aliphatic rings. The number of rotatable bonds is 3. The van der Waals surface area contributed by atoms with Crippen molar-refractivity contribution in [1.82, 2.24) is 0 Å². The van der Waals surface area contributed by atoms with Crippen LogP contribution in [-0.4, -0.2) is 6.10 Å². The topological polar surface area (TPSA) is 9.23 Å². The molecule has 1 aromatic carbocycles. The summed E-state index contributed by atoms with van der Waals surface area (Å²) in [5.41, 5.74) is 1.26. The summed E-state index contributed by atoms with van der Waals surface area (Å²) in [6, 6.07) is 6.31. The van der Waals surface area contributed by atoms with E-state index in [9.17, 15) is 0 Å². The van der Waals surface area contributed by atoms with Gasteiger partial charge in [0.2, 0.25) is 0 Å². The number of hydrogen-bond donors (Lipinski definition) is 0. The summed E-state index contributed by atoms with van der Waals surface area (Å²) in [5.74, 6) is 1.86. The lowest BCUT2D eigenvalue weighted by molar-refractivity contribution is 0.121. The largest absolute Gasteiger partial charge is 0.489 e. The van der Waals surface area contributed by atoms with Crippen LogP contribution in [0.2, 0.25) is 0 Å². The highest BCUT2D eigenvalue weighted by Gasteiger charge is 2.22. The quantitative estimate of drug-likeness (QED) is 0.753. The van der Waals surface area contributed by atoms with Crippen LogP contribution in [0.1, 0.15) is 44.6 Å². The lowest BCUT2D eigenvalue weighted by atomic mass is 9.85. The molecule has 0 aromatic heterocycles. The predicted molar refractivity (Wildman–Crippen MR) is 75.5 cm³/mol. The van der Waals surface area contributed by atoms with Crippen LogP contribution in [0, 0.1) is 12.8 Å². The Morgan fingerprint density at radius 1 is 1.35 bits per heavy atom. The van der Waals surface area contributed by atoms with Gasteiger partial charge >= 0.3 is 0 Å². The van der Waals surface area contributed by atoms with Gasteiger partial charge < -0.3 is 4.74 Å². The zero-order valence-electron chi connectivity index (χ0n) is 10.7. The van der Waals surface area contributed by atoms with Gasteiger partial charge in [0.25, 0.3) is 0 Å². The summed E-state index contributed by atoms with van der Waals surface area (Å²) in [6.07, 6.45) is 6.81. The SMILES string of the molecule is CCC1CCCC(Oc2ccc(C)cc2Br)C1. The monoisotopic (exact) mass is 296 g/mol. The Kier molecular flexibility index (Phi) is 4.49. The molecule has 17 heavy (non-hydrogen) atoms. The Labute approximate surface area is 113 Å². The van der Waals surface area contributed by atoms with Crippen molar-refractivity contribution in [2.45, 2.75) is 52.1 Å². The fraction of sp³-hybridized carbons (Fsp3) is 0.600. The highest BCUT2D eigenvalue weighted by molar-refractivity contribution is 9.10. The van der Waals surface area contributed by atoms with Crippen LogP contribution in [0.5, 0.6) is 5.75 Å². The third kappa shape index (κ3) is 3.48. The van der Waals surface area contributed by atoms with E-state index in [1.165, 1.54) is 37.7 Å². The Morgan fingerprint density at radius 3 is 2.88 bits per heavy atom. The molecule has 0 aliphatic heterocycles. The first kappa shape index (κ1) is 12.9. The first-order chi connectivity index (χ1) is 8.19. The molecule has 0 saturated heterocycles. The third-order valence-electron chi connectivity index (χ3n) is 3.69. The van der Waals surface area contributed by atoms with Crippen LogP contribution in [0.15, 0.2) is 22.7 Å². The number of benzene rings is 1. The fourth-order valence-electron chi connectivity index (χ4n) is 2.60. The van der Waals surface area contributed by atoms with E-state index in [2.05, 4.69) is 48.0 Å². The molecule has 0 spiro atoms. The molecule has 1 nitrogen and oxygen atoms in total. The van der Waals surface area contributed by atoms with E-state index in [-0.39, 0.29) is 0 Å². The average molecular weight is 297 g/mol. The molecule has 0 bridgehead atoms. The molecule has 2 atom stereocenters. The molecule has 0 heterocycles. The van der Waals surface area contributed by atoms with Crippen molar-refractivity contribution in [2.75, 3.05) is 0 Å². The summed E-state index contributed by atoms with van der Waals surface area (Å²) in [5, 5.41) is 0. The first-order valence-electron chi connectivity index (χ1n) is 6.62. The molecular weight excluding hydrogens is 276 g/mol. The van der Waals surface area contributed by atoms with Crippen molar-refractivity contribution in [3.05, 3.63) is 28.2 Å². The second-order valence-electron chi connectivity index (χ2n) is 5.11. The van der Waals surface area contributed by atoms with Gasteiger partial charge in [-0.3, -0.25) is 0 Å². The molecule has 1 saturated carbocycles. The van der Waals surface area contributed by atoms with Crippen molar-refractivity contribution in [3.63, 3.8) is 0 Å². The maximum atomic E-state index is 6.13. The van der Waals surface area contributed by atoms with E-state index >= 15 is 0 Å². The van der Waals surface area contributed by atoms with Crippen LogP contribution < -0.4 is 4.74 Å². The lowest BCUT2D eigenvalue weighted by Gasteiger charge is -2.29. The number of halogens is 1. The summed E-state index contributed by atoms with van der Waals surface area (Å²) in [6.45, 7) is 4.39. The molecule has 2 unspecified atom stereocenters. The minimum atomic E-state index is 0.410. The number of ether oxygens (including phenoxy) is 1. The number of hydrogen-bond acceptors (Lipinski definition) is 1. The van der Waals surface area contributed by atoms with Gasteiger partial charge in [-0.15, -0.1) is 0 Å². The Hall–Kier alpha value is -0.500. The van der Waals surface area contributed by atoms with Gasteiger partial charge in [0, 0.05) is 0 Å². The minimum absolute atomic E-state index is 0.410. The molecule has 0 amide bonds. The highest BCUT2D eigenvalue weighted by atomic mass is 79.9. The van der Waals surface area contributed by atoms with Crippen LogP contribution in [0.25, 0.3) is 0 Å². The fourth-order valence-corrected chi connectivity index (χ4v) is 3.19. The summed E-state index contributed by atoms with van der Waals surface area (Å²) < 4.78 is 7.21. The second kappa shape index (κ2) is 5.90. The van der Waals surface area contributed by atoms with Crippen molar-refractivity contribution in [2.24, 2.45) is 5.92 Å². The van der Waals surface area contributed by atoms with Gasteiger partial charge in [0.05, 0.1) is 10.6 Å². The van der Waals surface area contributed by atoms with Crippen molar-refractivity contribution < 1.29 is 4.74 Å². The Balaban J connectivity index is 2.00. The maximum absolute atomic E-state index is 6.13. The van der Waals surface area contributed by atoms with E-state index in [1.54, 1.807) is 0 Å². The first-order valence-corrected chi connectivity index (χ1v) is 7.41. The van der Waals surface area contributed by atoms with Gasteiger partial charge in [-0.25, -0.2) is 0 Å². The molecule has 2 rings (SSSR count). The average Bonchev–Trinajstić information content (AvgIpc) is 2.33. The predicted octanol–water partition coefficient (Wildman–Crippen LogP) is 5.11.